The number of aromatic hydroxyl groups is 2. The van der Waals surface area contributed by atoms with Crippen LogP contribution in [-0.2, 0) is 26.0 Å². The fraction of sp³-hybridized carbons (Fsp3) is 0.0833. The minimum absolute atomic E-state index is 0.00641. The van der Waals surface area contributed by atoms with E-state index in [2.05, 4.69) is 15.3 Å². The number of aromatic amines is 1. The van der Waals surface area contributed by atoms with E-state index in [0.717, 1.165) is 18.2 Å². The van der Waals surface area contributed by atoms with Crippen molar-refractivity contribution in [2.75, 3.05) is 6.54 Å². The second-order valence-electron chi connectivity index (χ2n) is 8.41. The van der Waals surface area contributed by atoms with Crippen molar-refractivity contribution in [2.24, 2.45) is 16.6 Å². The van der Waals surface area contributed by atoms with Crippen LogP contribution in [0.3, 0.4) is 0 Å². The van der Waals surface area contributed by atoms with Gasteiger partial charge in [-0.3, -0.25) is 15.0 Å². The van der Waals surface area contributed by atoms with Crippen molar-refractivity contribution in [2.45, 2.75) is 11.3 Å². The number of amides is 2. The maximum Gasteiger partial charge on any atom is 0.238 e. The fourth-order valence-corrected chi connectivity index (χ4v) is 4.37. The van der Waals surface area contributed by atoms with Gasteiger partial charge in [0.25, 0.3) is 0 Å². The van der Waals surface area contributed by atoms with Gasteiger partial charge in [0.1, 0.15) is 23.2 Å². The predicted octanol–water partition coefficient (Wildman–Crippen LogP) is 0.384. The molecule has 0 aliphatic carbocycles. The maximum absolute atomic E-state index is 12.4. The first-order valence-corrected chi connectivity index (χ1v) is 12.5. The lowest BCUT2D eigenvalue weighted by molar-refractivity contribution is -0.124. The van der Waals surface area contributed by atoms with Gasteiger partial charge in [-0.05, 0) is 54.1 Å². The van der Waals surface area contributed by atoms with Crippen LogP contribution in [0.1, 0.15) is 11.1 Å². The van der Waals surface area contributed by atoms with Crippen LogP contribution in [0.5, 0.6) is 11.5 Å². The van der Waals surface area contributed by atoms with E-state index in [0.29, 0.717) is 22.2 Å². The van der Waals surface area contributed by atoms with E-state index in [-0.39, 0.29) is 57.7 Å². The highest BCUT2D eigenvalue weighted by Gasteiger charge is 2.21. The molecule has 4 aromatic rings. The molecule has 1 heterocycles. The third-order valence-electron chi connectivity index (χ3n) is 5.63. The number of phenolic OH excluding ortho intramolecular Hbond substituents is 2. The van der Waals surface area contributed by atoms with Crippen LogP contribution in [0.25, 0.3) is 33.5 Å². The molecule has 2 amide bonds. The molecule has 13 nitrogen and oxygen atoms in total. The van der Waals surface area contributed by atoms with Crippen molar-refractivity contribution < 1.29 is 28.2 Å². The molecule has 38 heavy (non-hydrogen) atoms. The first-order valence-electron chi connectivity index (χ1n) is 10.9. The number of primary sulfonamides is 1. The molecular formula is C24H23N7O6S. The van der Waals surface area contributed by atoms with Crippen LogP contribution in [0, 0.1) is 5.41 Å². The molecule has 0 fully saturated rings. The number of hydrogen-bond donors (Lipinski definition) is 8. The molecule has 1 aromatic heterocycles. The normalized spacial score (nSPS) is 11.4. The number of fused-ring (bicyclic) bond motifs is 1. The smallest absolute Gasteiger partial charge is 0.238 e. The summed E-state index contributed by atoms with van der Waals surface area (Å²) in [5.74, 6) is -1.99. The van der Waals surface area contributed by atoms with Crippen LogP contribution < -0.4 is 21.9 Å². The summed E-state index contributed by atoms with van der Waals surface area (Å²) in [4.78, 5) is 30.6. The zero-order chi connectivity index (χ0) is 27.8. The highest BCUT2D eigenvalue weighted by Crippen LogP contribution is 2.42. The van der Waals surface area contributed by atoms with E-state index in [1.165, 1.54) is 12.1 Å². The molecule has 196 valence electrons. The van der Waals surface area contributed by atoms with E-state index in [1.54, 1.807) is 18.2 Å². The second kappa shape index (κ2) is 9.84. The number of nitrogens with zero attached hydrogens (tertiary/aromatic N) is 1. The van der Waals surface area contributed by atoms with Gasteiger partial charge in [-0.25, -0.2) is 18.5 Å². The standard InChI is InChI=1S/C24H23N7O6S/c25-20(33)10-29-21(34)7-11-5-15(14-9-13(38(28,36)37)2-4-19(14)32)22(35)16(6-11)24-30-17-3-1-12(23(26)27)8-18(17)31-24/h1-6,8-9,32,35H,7,10H2,(H2,25,33)(H3,26,27)(H,29,34)(H,30,31)(H2,28,36,37). The summed E-state index contributed by atoms with van der Waals surface area (Å²) in [7, 11) is -4.15. The molecule has 0 unspecified atom stereocenters. The molecule has 0 bridgehead atoms. The van der Waals surface area contributed by atoms with Crippen molar-refractivity contribution in [3.05, 3.63) is 59.7 Å². The molecule has 0 atom stereocenters. The minimum Gasteiger partial charge on any atom is -0.507 e. The molecule has 0 aliphatic rings. The van der Waals surface area contributed by atoms with E-state index in [9.17, 15) is 28.2 Å². The number of hydrogen-bond acceptors (Lipinski definition) is 8. The topological polar surface area (TPSA) is 251 Å². The number of amidine groups is 1. The third kappa shape index (κ3) is 5.40. The number of carbonyl (C=O) groups is 2. The Kier molecular flexibility index (Phi) is 6.76. The van der Waals surface area contributed by atoms with Crippen molar-refractivity contribution in [1.29, 1.82) is 5.41 Å². The zero-order valence-electron chi connectivity index (χ0n) is 19.6. The summed E-state index contributed by atoms with van der Waals surface area (Å²) >= 11 is 0. The molecule has 0 saturated carbocycles. The Balaban J connectivity index is 1.91. The molecule has 0 radical (unpaired) electrons. The van der Waals surface area contributed by atoms with Gasteiger partial charge in [0.05, 0.1) is 34.5 Å². The summed E-state index contributed by atoms with van der Waals surface area (Å²) in [5, 5.41) is 37.0. The van der Waals surface area contributed by atoms with Crippen LogP contribution in [0.2, 0.25) is 0 Å². The molecule has 0 aliphatic heterocycles. The summed E-state index contributed by atoms with van der Waals surface area (Å²) < 4.78 is 23.8. The fourth-order valence-electron chi connectivity index (χ4n) is 3.83. The number of phenols is 2. The summed E-state index contributed by atoms with van der Waals surface area (Å²) in [6.45, 7) is -0.379. The first-order chi connectivity index (χ1) is 17.8. The highest BCUT2D eigenvalue weighted by molar-refractivity contribution is 7.89. The highest BCUT2D eigenvalue weighted by atomic mass is 32.2. The Morgan fingerprint density at radius 3 is 2.37 bits per heavy atom. The van der Waals surface area contributed by atoms with Gasteiger partial charge in [-0.2, -0.15) is 0 Å². The van der Waals surface area contributed by atoms with E-state index >= 15 is 0 Å². The number of rotatable bonds is 8. The zero-order valence-corrected chi connectivity index (χ0v) is 20.5. The van der Waals surface area contributed by atoms with Gasteiger partial charge in [0, 0.05) is 16.7 Å². The lowest BCUT2D eigenvalue weighted by atomic mass is 9.95. The Labute approximate surface area is 215 Å². The lowest BCUT2D eigenvalue weighted by Crippen LogP contribution is -2.34. The molecule has 14 heteroatoms. The molecule has 0 saturated heterocycles. The Bertz CT molecular complexity index is 1730. The molecule has 11 N–H and O–H groups in total. The van der Waals surface area contributed by atoms with Gasteiger partial charge in [-0.15, -0.1) is 0 Å². The SMILES string of the molecule is N=C(N)c1ccc2nc(-c3cc(CC(=O)NCC(N)=O)cc(-c4cc(S(N)(=O)=O)ccc4O)c3O)[nH]c2c1. The molecular weight excluding hydrogens is 514 g/mol. The van der Waals surface area contributed by atoms with Gasteiger partial charge in [-0.1, -0.05) is 0 Å². The largest absolute Gasteiger partial charge is 0.507 e. The molecule has 0 spiro atoms. The molecule has 3 aromatic carbocycles. The number of benzene rings is 3. The Morgan fingerprint density at radius 1 is 1.00 bits per heavy atom. The van der Waals surface area contributed by atoms with E-state index in [1.807, 2.05) is 0 Å². The maximum atomic E-state index is 12.4. The average molecular weight is 538 g/mol. The number of primary amides is 1. The van der Waals surface area contributed by atoms with Crippen LogP contribution in [-0.4, -0.2) is 52.8 Å². The first kappa shape index (κ1) is 26.1. The quantitative estimate of drug-likeness (QED) is 0.115. The number of nitrogen functional groups attached to an aromatic ring is 1. The number of sulfonamides is 1. The van der Waals surface area contributed by atoms with Crippen molar-refractivity contribution in [3.63, 3.8) is 0 Å². The third-order valence-corrected chi connectivity index (χ3v) is 6.54. The number of nitrogens with one attached hydrogen (secondary N) is 3. The van der Waals surface area contributed by atoms with Crippen molar-refractivity contribution in [3.8, 4) is 34.0 Å². The minimum atomic E-state index is -4.15. The number of H-pyrrole nitrogens is 1. The lowest BCUT2D eigenvalue weighted by Gasteiger charge is -2.14. The average Bonchev–Trinajstić information content (AvgIpc) is 3.26. The van der Waals surface area contributed by atoms with Crippen molar-refractivity contribution in [1.82, 2.24) is 15.3 Å². The van der Waals surface area contributed by atoms with E-state index in [4.69, 9.17) is 22.0 Å². The monoisotopic (exact) mass is 537 g/mol. The van der Waals surface area contributed by atoms with Crippen LogP contribution in [0.15, 0.2) is 53.4 Å². The number of nitrogens with two attached hydrogens (primary N) is 3. The number of carbonyl (C=O) groups excluding carboxylic acids is 2. The summed E-state index contributed by atoms with van der Waals surface area (Å²) in [5.41, 5.74) is 12.5. The van der Waals surface area contributed by atoms with Gasteiger partial charge >= 0.3 is 0 Å². The van der Waals surface area contributed by atoms with Gasteiger partial charge < -0.3 is 32.0 Å². The van der Waals surface area contributed by atoms with E-state index < -0.39 is 21.8 Å². The predicted molar refractivity (Wildman–Crippen MR) is 139 cm³/mol. The van der Waals surface area contributed by atoms with Crippen molar-refractivity contribution >= 4 is 38.7 Å². The van der Waals surface area contributed by atoms with Crippen LogP contribution in [0.4, 0.5) is 0 Å². The second-order valence-corrected chi connectivity index (χ2v) is 9.98. The Hall–Kier alpha value is -4.95. The van der Waals surface area contributed by atoms with Gasteiger partial charge in [0.2, 0.25) is 21.8 Å². The number of imidazole rings is 1. The Morgan fingerprint density at radius 2 is 1.71 bits per heavy atom. The van der Waals surface area contributed by atoms with Crippen LogP contribution >= 0.6 is 0 Å². The van der Waals surface area contributed by atoms with Gasteiger partial charge in [0.15, 0.2) is 0 Å². The summed E-state index contributed by atoms with van der Waals surface area (Å²) in [6.07, 6.45) is -0.252. The number of aromatic nitrogens is 2. The summed E-state index contributed by atoms with van der Waals surface area (Å²) in [6, 6.07) is 11.0. The molecule has 4 rings (SSSR count).